The highest BCUT2D eigenvalue weighted by Gasteiger charge is 2.12. The van der Waals surface area contributed by atoms with Crippen LogP contribution in [0.5, 0.6) is 0 Å². The first-order valence-corrected chi connectivity index (χ1v) is 10.1. The second kappa shape index (κ2) is 12.0. The average molecular weight is 347 g/mol. The fourth-order valence-corrected chi connectivity index (χ4v) is 3.63. The van der Waals surface area contributed by atoms with E-state index in [-0.39, 0.29) is 10.6 Å². The lowest BCUT2D eigenvalue weighted by Gasteiger charge is -2.21. The van der Waals surface area contributed by atoms with E-state index in [0.717, 1.165) is 32.0 Å². The summed E-state index contributed by atoms with van der Waals surface area (Å²) in [4.78, 5) is 10.3. The molecule has 0 atom stereocenters. The van der Waals surface area contributed by atoms with E-state index in [1.54, 1.807) is 12.1 Å². The van der Waals surface area contributed by atoms with Crippen molar-refractivity contribution in [2.75, 3.05) is 13.2 Å². The molecule has 140 valence electrons. The Morgan fingerprint density at radius 2 is 1.56 bits per heavy atom. The Morgan fingerprint density at radius 1 is 0.920 bits per heavy atom. The first-order chi connectivity index (χ1) is 12.3. The summed E-state index contributed by atoms with van der Waals surface area (Å²) in [6.45, 7) is 1.91. The molecule has 1 saturated carbocycles. The van der Waals surface area contributed by atoms with Gasteiger partial charge in [-0.2, -0.15) is 0 Å². The van der Waals surface area contributed by atoms with E-state index in [2.05, 4.69) is 0 Å². The van der Waals surface area contributed by atoms with Gasteiger partial charge in [0.15, 0.2) is 0 Å². The number of non-ortho nitro benzene ring substituents is 1. The van der Waals surface area contributed by atoms with E-state index in [9.17, 15) is 10.1 Å². The predicted molar refractivity (Wildman–Crippen MR) is 102 cm³/mol. The zero-order valence-corrected chi connectivity index (χ0v) is 15.5. The lowest BCUT2D eigenvalue weighted by atomic mass is 9.90. The summed E-state index contributed by atoms with van der Waals surface area (Å²) in [6, 6.07) is 6.95. The molecular weight excluding hydrogens is 314 g/mol. The van der Waals surface area contributed by atoms with E-state index in [1.165, 1.54) is 69.8 Å². The van der Waals surface area contributed by atoms with Crippen LogP contribution in [-0.2, 0) is 11.2 Å². The molecule has 1 aromatic carbocycles. The standard InChI is InChI=1S/C21H33NO3/c23-22(24)21-15-13-19(14-16-21)10-6-3-1-2-4-9-17-25-18-20-11-7-5-8-12-20/h13-16,20H,1-12,17-18H2. The molecule has 0 unspecified atom stereocenters. The van der Waals surface area contributed by atoms with Gasteiger partial charge in [0.25, 0.3) is 5.69 Å². The fourth-order valence-electron chi connectivity index (χ4n) is 3.63. The first-order valence-electron chi connectivity index (χ1n) is 10.1. The number of unbranched alkanes of at least 4 members (excludes halogenated alkanes) is 5. The molecule has 2 rings (SSSR count). The van der Waals surface area contributed by atoms with Crippen LogP contribution in [0.15, 0.2) is 24.3 Å². The number of rotatable bonds is 12. The van der Waals surface area contributed by atoms with Crippen molar-refractivity contribution in [2.45, 2.75) is 77.0 Å². The number of hydrogen-bond donors (Lipinski definition) is 0. The van der Waals surface area contributed by atoms with Crippen LogP contribution in [0.3, 0.4) is 0 Å². The largest absolute Gasteiger partial charge is 0.381 e. The second-order valence-corrected chi connectivity index (χ2v) is 7.37. The highest BCUT2D eigenvalue weighted by atomic mass is 16.6. The first kappa shape index (κ1) is 19.9. The minimum absolute atomic E-state index is 0.175. The quantitative estimate of drug-likeness (QED) is 0.262. The van der Waals surface area contributed by atoms with Crippen LogP contribution in [0.25, 0.3) is 0 Å². The molecule has 4 nitrogen and oxygen atoms in total. The topological polar surface area (TPSA) is 52.4 Å². The van der Waals surface area contributed by atoms with E-state index in [4.69, 9.17) is 4.74 Å². The zero-order valence-electron chi connectivity index (χ0n) is 15.5. The number of hydrogen-bond acceptors (Lipinski definition) is 3. The molecule has 1 aromatic rings. The monoisotopic (exact) mass is 347 g/mol. The molecule has 25 heavy (non-hydrogen) atoms. The van der Waals surface area contributed by atoms with Gasteiger partial charge in [-0.1, -0.05) is 57.1 Å². The van der Waals surface area contributed by atoms with Gasteiger partial charge in [0.1, 0.15) is 0 Å². The van der Waals surface area contributed by atoms with Crippen molar-refractivity contribution >= 4 is 5.69 Å². The number of aryl methyl sites for hydroxylation is 1. The fraction of sp³-hybridized carbons (Fsp3) is 0.714. The van der Waals surface area contributed by atoms with Crippen LogP contribution in [0.1, 0.15) is 76.2 Å². The van der Waals surface area contributed by atoms with Crippen LogP contribution in [0, 0.1) is 16.0 Å². The zero-order chi connectivity index (χ0) is 17.7. The lowest BCUT2D eigenvalue weighted by Crippen LogP contribution is -2.13. The molecule has 0 aromatic heterocycles. The Morgan fingerprint density at radius 3 is 2.24 bits per heavy atom. The molecule has 0 amide bonds. The summed E-state index contributed by atoms with van der Waals surface area (Å²) < 4.78 is 5.84. The maximum atomic E-state index is 10.6. The molecule has 0 bridgehead atoms. The second-order valence-electron chi connectivity index (χ2n) is 7.37. The van der Waals surface area contributed by atoms with Crippen molar-refractivity contribution in [3.8, 4) is 0 Å². The molecule has 4 heteroatoms. The smallest absolute Gasteiger partial charge is 0.269 e. The summed E-state index contributed by atoms with van der Waals surface area (Å²) in [5.41, 5.74) is 1.37. The summed E-state index contributed by atoms with van der Waals surface area (Å²) in [7, 11) is 0. The summed E-state index contributed by atoms with van der Waals surface area (Å²) in [5.74, 6) is 0.827. The molecule has 0 radical (unpaired) electrons. The van der Waals surface area contributed by atoms with Crippen LogP contribution < -0.4 is 0 Å². The van der Waals surface area contributed by atoms with E-state index < -0.39 is 0 Å². The van der Waals surface area contributed by atoms with Gasteiger partial charge < -0.3 is 4.74 Å². The van der Waals surface area contributed by atoms with Crippen molar-refractivity contribution in [3.05, 3.63) is 39.9 Å². The summed E-state index contributed by atoms with van der Waals surface area (Å²) in [5, 5.41) is 10.6. The summed E-state index contributed by atoms with van der Waals surface area (Å²) >= 11 is 0. The Hall–Kier alpha value is -1.42. The van der Waals surface area contributed by atoms with Gasteiger partial charge in [-0.25, -0.2) is 0 Å². The molecule has 0 heterocycles. The molecule has 0 aliphatic heterocycles. The minimum Gasteiger partial charge on any atom is -0.381 e. The van der Waals surface area contributed by atoms with E-state index in [0.29, 0.717) is 0 Å². The van der Waals surface area contributed by atoms with Crippen LogP contribution in [-0.4, -0.2) is 18.1 Å². The molecule has 1 aliphatic rings. The molecule has 1 aliphatic carbocycles. The predicted octanol–water partition coefficient (Wildman–Crippen LogP) is 6.07. The molecule has 0 N–H and O–H groups in total. The third-order valence-electron chi connectivity index (χ3n) is 5.23. The van der Waals surface area contributed by atoms with Gasteiger partial charge in [-0.3, -0.25) is 10.1 Å². The third-order valence-corrected chi connectivity index (χ3v) is 5.23. The van der Waals surface area contributed by atoms with Gasteiger partial charge >= 0.3 is 0 Å². The number of nitro benzene ring substituents is 1. The Balaban J connectivity index is 1.38. The average Bonchev–Trinajstić information content (AvgIpc) is 2.64. The van der Waals surface area contributed by atoms with E-state index in [1.807, 2.05) is 12.1 Å². The molecule has 0 spiro atoms. The van der Waals surface area contributed by atoms with Crippen molar-refractivity contribution in [1.29, 1.82) is 0 Å². The number of nitro groups is 1. The minimum atomic E-state index is -0.345. The summed E-state index contributed by atoms with van der Waals surface area (Å²) in [6.07, 6.45) is 15.4. The number of nitrogens with zero attached hydrogens (tertiary/aromatic N) is 1. The maximum Gasteiger partial charge on any atom is 0.269 e. The molecule has 0 saturated heterocycles. The van der Waals surface area contributed by atoms with Crippen molar-refractivity contribution < 1.29 is 9.66 Å². The number of ether oxygens (including phenoxy) is 1. The van der Waals surface area contributed by atoms with Crippen LogP contribution in [0.4, 0.5) is 5.69 Å². The van der Waals surface area contributed by atoms with Gasteiger partial charge in [0.2, 0.25) is 0 Å². The van der Waals surface area contributed by atoms with Crippen molar-refractivity contribution in [2.24, 2.45) is 5.92 Å². The Kier molecular flexibility index (Phi) is 9.57. The normalized spacial score (nSPS) is 15.4. The SMILES string of the molecule is O=[N+]([O-])c1ccc(CCCCCCCCOCC2CCCCC2)cc1. The van der Waals surface area contributed by atoms with Crippen molar-refractivity contribution in [1.82, 2.24) is 0 Å². The van der Waals surface area contributed by atoms with Gasteiger partial charge in [0.05, 0.1) is 4.92 Å². The van der Waals surface area contributed by atoms with Crippen LogP contribution >= 0.6 is 0 Å². The Labute approximate surface area is 152 Å². The van der Waals surface area contributed by atoms with Gasteiger partial charge in [-0.05, 0) is 43.6 Å². The Bertz CT molecular complexity index is 480. The van der Waals surface area contributed by atoms with Gasteiger partial charge in [0, 0.05) is 25.3 Å². The lowest BCUT2D eigenvalue weighted by molar-refractivity contribution is -0.384. The molecular formula is C21H33NO3. The van der Waals surface area contributed by atoms with Crippen molar-refractivity contribution in [3.63, 3.8) is 0 Å². The maximum absolute atomic E-state index is 10.6. The highest BCUT2D eigenvalue weighted by Crippen LogP contribution is 2.23. The third kappa shape index (κ3) is 8.48. The van der Waals surface area contributed by atoms with Crippen LogP contribution in [0.2, 0.25) is 0 Å². The van der Waals surface area contributed by atoms with Gasteiger partial charge in [-0.15, -0.1) is 0 Å². The highest BCUT2D eigenvalue weighted by molar-refractivity contribution is 5.32. The molecule has 1 fully saturated rings. The van der Waals surface area contributed by atoms with E-state index >= 15 is 0 Å². The number of benzene rings is 1.